The van der Waals surface area contributed by atoms with E-state index in [-0.39, 0.29) is 6.04 Å². The zero-order valence-corrected chi connectivity index (χ0v) is 16.0. The monoisotopic (exact) mass is 395 g/mol. The van der Waals surface area contributed by atoms with Crippen LogP contribution in [0.3, 0.4) is 0 Å². The predicted octanol–water partition coefficient (Wildman–Crippen LogP) is 5.83. The van der Waals surface area contributed by atoms with Crippen molar-refractivity contribution in [1.29, 1.82) is 0 Å². The molecule has 27 heavy (non-hydrogen) atoms. The first-order valence-corrected chi connectivity index (χ1v) is 10.5. The van der Waals surface area contributed by atoms with Gasteiger partial charge in [0.25, 0.3) is 0 Å². The van der Waals surface area contributed by atoms with Gasteiger partial charge < -0.3 is 10.4 Å². The molecule has 3 aromatic rings. The standard InChI is InChI=1S/C20H17N3O2S2/c24-20(25)23-9-3-5-16(23)19-22-15(11-26-19)12-7-8-18-14(10-12)21-13-4-1-2-6-17(13)27-18/h1-2,4,6-8,10-11,16,21H,3,5,9H2,(H,24,25). The van der Waals surface area contributed by atoms with Gasteiger partial charge >= 0.3 is 6.09 Å². The molecule has 3 heterocycles. The van der Waals surface area contributed by atoms with Crippen LogP contribution in [0, 0.1) is 0 Å². The van der Waals surface area contributed by atoms with Gasteiger partial charge in [-0.3, -0.25) is 4.90 Å². The maximum Gasteiger partial charge on any atom is 0.407 e. The molecule has 0 radical (unpaired) electrons. The fourth-order valence-electron chi connectivity index (χ4n) is 3.62. The van der Waals surface area contributed by atoms with E-state index in [9.17, 15) is 9.90 Å². The zero-order chi connectivity index (χ0) is 18.4. The summed E-state index contributed by atoms with van der Waals surface area (Å²) >= 11 is 3.31. The van der Waals surface area contributed by atoms with E-state index >= 15 is 0 Å². The van der Waals surface area contributed by atoms with E-state index in [1.54, 1.807) is 23.1 Å². The number of nitrogens with zero attached hydrogens (tertiary/aromatic N) is 2. The summed E-state index contributed by atoms with van der Waals surface area (Å²) in [6.07, 6.45) is 0.881. The van der Waals surface area contributed by atoms with Gasteiger partial charge in [0, 0.05) is 27.3 Å². The van der Waals surface area contributed by atoms with Gasteiger partial charge in [-0.25, -0.2) is 9.78 Å². The minimum Gasteiger partial charge on any atom is -0.465 e. The van der Waals surface area contributed by atoms with Gasteiger partial charge in [-0.15, -0.1) is 11.3 Å². The molecule has 1 atom stereocenters. The van der Waals surface area contributed by atoms with E-state index in [0.29, 0.717) is 6.54 Å². The molecule has 0 spiro atoms. The second-order valence-corrected chi connectivity index (χ2v) is 8.61. The summed E-state index contributed by atoms with van der Waals surface area (Å²) in [6, 6.07) is 14.5. The maximum atomic E-state index is 11.4. The van der Waals surface area contributed by atoms with Crippen molar-refractivity contribution in [3.8, 4) is 11.3 Å². The number of amides is 1. The fraction of sp³-hybridized carbons (Fsp3) is 0.200. The minimum atomic E-state index is -0.858. The van der Waals surface area contributed by atoms with E-state index in [1.807, 2.05) is 17.5 Å². The Hall–Kier alpha value is -2.51. The second kappa shape index (κ2) is 6.58. The molecule has 0 aliphatic carbocycles. The van der Waals surface area contributed by atoms with Crippen molar-refractivity contribution in [2.45, 2.75) is 28.7 Å². The van der Waals surface area contributed by atoms with Crippen LogP contribution in [0.2, 0.25) is 0 Å². The third kappa shape index (κ3) is 2.96. The second-order valence-electron chi connectivity index (χ2n) is 6.64. The topological polar surface area (TPSA) is 65.5 Å². The predicted molar refractivity (Wildman–Crippen MR) is 108 cm³/mol. The maximum absolute atomic E-state index is 11.4. The van der Waals surface area contributed by atoms with E-state index in [4.69, 9.17) is 4.98 Å². The zero-order valence-electron chi connectivity index (χ0n) is 14.4. The minimum absolute atomic E-state index is 0.112. The number of para-hydroxylation sites is 1. The summed E-state index contributed by atoms with van der Waals surface area (Å²) in [7, 11) is 0. The third-order valence-corrected chi connectivity index (χ3v) is 7.05. The van der Waals surface area contributed by atoms with Gasteiger partial charge in [-0.2, -0.15) is 0 Å². The number of hydrogen-bond donors (Lipinski definition) is 2. The number of aromatic nitrogens is 1. The van der Waals surface area contributed by atoms with Crippen LogP contribution >= 0.6 is 23.1 Å². The first-order chi connectivity index (χ1) is 13.2. The molecule has 2 aliphatic rings. The van der Waals surface area contributed by atoms with E-state index in [0.717, 1.165) is 40.5 Å². The Morgan fingerprint density at radius 1 is 1.19 bits per heavy atom. The van der Waals surface area contributed by atoms with Gasteiger partial charge in [-0.05, 0) is 37.1 Å². The van der Waals surface area contributed by atoms with Crippen molar-refractivity contribution < 1.29 is 9.90 Å². The highest BCUT2D eigenvalue weighted by molar-refractivity contribution is 7.99. The lowest BCUT2D eigenvalue weighted by Crippen LogP contribution is -2.28. The van der Waals surface area contributed by atoms with Crippen LogP contribution in [-0.2, 0) is 0 Å². The average Bonchev–Trinajstić information content (AvgIpc) is 3.35. The number of thiazole rings is 1. The molecule has 136 valence electrons. The number of carboxylic acid groups (broad SMARTS) is 1. The van der Waals surface area contributed by atoms with E-state index < -0.39 is 6.09 Å². The van der Waals surface area contributed by atoms with Crippen molar-refractivity contribution in [3.63, 3.8) is 0 Å². The summed E-state index contributed by atoms with van der Waals surface area (Å²) in [5.74, 6) is 0. The third-order valence-electron chi connectivity index (χ3n) is 4.96. The number of carbonyl (C=O) groups is 1. The highest BCUT2D eigenvalue weighted by Crippen LogP contribution is 2.45. The van der Waals surface area contributed by atoms with Crippen molar-refractivity contribution in [3.05, 3.63) is 52.9 Å². The van der Waals surface area contributed by atoms with Crippen molar-refractivity contribution >= 4 is 40.6 Å². The molecule has 5 rings (SSSR count). The van der Waals surface area contributed by atoms with E-state index in [2.05, 4.69) is 35.6 Å². The van der Waals surface area contributed by atoms with Crippen LogP contribution in [0.25, 0.3) is 11.3 Å². The summed E-state index contributed by atoms with van der Waals surface area (Å²) in [4.78, 5) is 20.1. The Kier molecular flexibility index (Phi) is 4.06. The van der Waals surface area contributed by atoms with Crippen LogP contribution in [0.5, 0.6) is 0 Å². The number of rotatable bonds is 2. The number of nitrogens with one attached hydrogen (secondary N) is 1. The van der Waals surface area contributed by atoms with Gasteiger partial charge in [0.2, 0.25) is 0 Å². The SMILES string of the molecule is O=C(O)N1CCCC1c1nc(-c2ccc3c(c2)Nc2ccccc2S3)cs1. The molecule has 1 amide bonds. The first kappa shape index (κ1) is 16.6. The lowest BCUT2D eigenvalue weighted by molar-refractivity contribution is 0.140. The van der Waals surface area contributed by atoms with Gasteiger partial charge in [0.1, 0.15) is 5.01 Å². The fourth-order valence-corrected chi connectivity index (χ4v) is 5.57. The van der Waals surface area contributed by atoms with E-state index in [1.165, 1.54) is 14.7 Å². The molecule has 2 aromatic carbocycles. The number of anilines is 2. The van der Waals surface area contributed by atoms with Crippen LogP contribution in [0.4, 0.5) is 16.2 Å². The Bertz CT molecular complexity index is 1030. The Labute approximate surface area is 165 Å². The van der Waals surface area contributed by atoms with Crippen LogP contribution in [-0.4, -0.2) is 27.6 Å². The molecule has 1 fully saturated rings. The number of likely N-dealkylation sites (tertiary alicyclic amines) is 1. The molecule has 7 heteroatoms. The highest BCUT2D eigenvalue weighted by atomic mass is 32.2. The number of fused-ring (bicyclic) bond motifs is 2. The van der Waals surface area contributed by atoms with Crippen molar-refractivity contribution in [2.24, 2.45) is 0 Å². The molecule has 2 aliphatic heterocycles. The van der Waals surface area contributed by atoms with Crippen molar-refractivity contribution in [1.82, 2.24) is 9.88 Å². The molecule has 0 bridgehead atoms. The number of benzene rings is 2. The largest absolute Gasteiger partial charge is 0.465 e. The van der Waals surface area contributed by atoms with Crippen molar-refractivity contribution in [2.75, 3.05) is 11.9 Å². The highest BCUT2D eigenvalue weighted by Gasteiger charge is 2.32. The quantitative estimate of drug-likeness (QED) is 0.447. The summed E-state index contributed by atoms with van der Waals surface area (Å²) in [5.41, 5.74) is 4.15. The molecule has 5 nitrogen and oxygen atoms in total. The molecule has 2 N–H and O–H groups in total. The molecular weight excluding hydrogens is 378 g/mol. The Morgan fingerprint density at radius 3 is 2.93 bits per heavy atom. The van der Waals surface area contributed by atoms with Gasteiger partial charge in [0.15, 0.2) is 0 Å². The first-order valence-electron chi connectivity index (χ1n) is 8.82. The smallest absolute Gasteiger partial charge is 0.407 e. The molecule has 0 saturated carbocycles. The molecule has 1 saturated heterocycles. The lowest BCUT2D eigenvalue weighted by atomic mass is 10.1. The average molecular weight is 396 g/mol. The Balaban J connectivity index is 1.44. The van der Waals surface area contributed by atoms with Gasteiger partial charge in [-0.1, -0.05) is 30.0 Å². The number of hydrogen-bond acceptors (Lipinski definition) is 5. The summed E-state index contributed by atoms with van der Waals surface area (Å²) < 4.78 is 0. The lowest BCUT2D eigenvalue weighted by Gasteiger charge is -2.21. The summed E-state index contributed by atoms with van der Waals surface area (Å²) in [6.45, 7) is 0.592. The molecule has 1 unspecified atom stereocenters. The van der Waals surface area contributed by atoms with Crippen LogP contribution < -0.4 is 5.32 Å². The van der Waals surface area contributed by atoms with Gasteiger partial charge in [0.05, 0.1) is 23.1 Å². The summed E-state index contributed by atoms with van der Waals surface area (Å²) in [5, 5.41) is 15.8. The Morgan fingerprint density at radius 2 is 2.04 bits per heavy atom. The van der Waals surface area contributed by atoms with Crippen LogP contribution in [0.15, 0.2) is 57.6 Å². The normalized spacial score (nSPS) is 17.9. The molecular formula is C20H17N3O2S2. The van der Waals surface area contributed by atoms with Crippen LogP contribution in [0.1, 0.15) is 23.9 Å². The molecule has 1 aromatic heterocycles.